The standard InChI is InChI=1S/C28H35N5O3/c1-3-10-32-27(35)24-26(31(28(32)36)11-9-29-17(2)34)30-25(33(24)16-18-7-5-4-6-8-18)23-21-13-19-12-20(15-21)22(23)14-19/h4-8,19-23H,3,9-16H2,1-2H3,(H,29,34). The fraction of sp³-hybridized carbons (Fsp3) is 0.571. The van der Waals surface area contributed by atoms with Crippen molar-refractivity contribution in [3.05, 3.63) is 62.6 Å². The lowest BCUT2D eigenvalue weighted by Crippen LogP contribution is -2.42. The summed E-state index contributed by atoms with van der Waals surface area (Å²) in [6, 6.07) is 10.2. The highest BCUT2D eigenvalue weighted by molar-refractivity contribution is 5.73. The third-order valence-electron chi connectivity index (χ3n) is 8.84. The molecule has 4 aliphatic rings. The second-order valence-corrected chi connectivity index (χ2v) is 11.1. The van der Waals surface area contributed by atoms with Gasteiger partial charge < -0.3 is 9.88 Å². The summed E-state index contributed by atoms with van der Waals surface area (Å²) in [6.07, 6.45) is 5.79. The number of imidazole rings is 1. The van der Waals surface area contributed by atoms with E-state index in [-0.39, 0.29) is 23.7 Å². The SMILES string of the molecule is CCCn1c(=O)c2c(nc(C3C4CC5CC(C4)C3C5)n2Cc2ccccc2)n(CCNC(C)=O)c1=O. The lowest BCUT2D eigenvalue weighted by Gasteiger charge is -2.32. The Balaban J connectivity index is 1.57. The van der Waals surface area contributed by atoms with Crippen molar-refractivity contribution >= 4 is 17.1 Å². The molecule has 4 bridgehead atoms. The highest BCUT2D eigenvalue weighted by atomic mass is 16.2. The summed E-state index contributed by atoms with van der Waals surface area (Å²) in [4.78, 5) is 44.0. The van der Waals surface area contributed by atoms with E-state index in [9.17, 15) is 14.4 Å². The molecule has 0 saturated heterocycles. The molecule has 8 heteroatoms. The Kier molecular flexibility index (Phi) is 5.85. The van der Waals surface area contributed by atoms with Gasteiger partial charge in [-0.3, -0.25) is 18.7 Å². The van der Waals surface area contributed by atoms with Gasteiger partial charge in [0.25, 0.3) is 5.56 Å². The van der Waals surface area contributed by atoms with E-state index >= 15 is 0 Å². The van der Waals surface area contributed by atoms with Gasteiger partial charge in [0, 0.05) is 39.0 Å². The smallest absolute Gasteiger partial charge is 0.332 e. The van der Waals surface area contributed by atoms with Crippen LogP contribution in [0.15, 0.2) is 39.9 Å². The van der Waals surface area contributed by atoms with Gasteiger partial charge in [-0.25, -0.2) is 9.78 Å². The molecule has 1 N–H and O–H groups in total. The van der Waals surface area contributed by atoms with Crippen molar-refractivity contribution in [2.75, 3.05) is 6.54 Å². The molecule has 36 heavy (non-hydrogen) atoms. The zero-order valence-corrected chi connectivity index (χ0v) is 21.2. The number of amides is 1. The van der Waals surface area contributed by atoms with Crippen LogP contribution in [0.1, 0.15) is 63.3 Å². The van der Waals surface area contributed by atoms with E-state index in [1.165, 1.54) is 37.2 Å². The van der Waals surface area contributed by atoms with Gasteiger partial charge in [-0.15, -0.1) is 0 Å². The Morgan fingerprint density at radius 3 is 2.50 bits per heavy atom. The molecule has 7 rings (SSSR count). The number of benzene rings is 1. The lowest BCUT2D eigenvalue weighted by atomic mass is 9.75. The summed E-state index contributed by atoms with van der Waals surface area (Å²) in [5, 5.41) is 2.79. The molecule has 0 spiro atoms. The van der Waals surface area contributed by atoms with Crippen molar-refractivity contribution in [2.24, 2.45) is 23.7 Å². The molecular formula is C28H35N5O3. The van der Waals surface area contributed by atoms with Gasteiger partial charge in [0.05, 0.1) is 0 Å². The zero-order valence-electron chi connectivity index (χ0n) is 21.2. The maximum atomic E-state index is 13.9. The lowest BCUT2D eigenvalue weighted by molar-refractivity contribution is -0.118. The molecule has 2 aromatic heterocycles. The molecule has 190 valence electrons. The average Bonchev–Trinajstić information content (AvgIpc) is 3.44. The molecule has 4 fully saturated rings. The Labute approximate surface area is 210 Å². The van der Waals surface area contributed by atoms with Crippen molar-refractivity contribution in [3.8, 4) is 0 Å². The highest BCUT2D eigenvalue weighted by Gasteiger charge is 2.55. The van der Waals surface area contributed by atoms with Gasteiger partial charge in [0.15, 0.2) is 11.2 Å². The minimum absolute atomic E-state index is 0.144. The van der Waals surface area contributed by atoms with Crippen LogP contribution < -0.4 is 16.6 Å². The molecule has 0 radical (unpaired) electrons. The summed E-state index contributed by atoms with van der Waals surface area (Å²) >= 11 is 0. The van der Waals surface area contributed by atoms with E-state index in [0.29, 0.717) is 55.0 Å². The fourth-order valence-corrected chi connectivity index (χ4v) is 7.59. The summed E-state index contributed by atoms with van der Waals surface area (Å²) in [5.41, 5.74) is 1.50. The normalized spacial score (nSPS) is 26.2. The summed E-state index contributed by atoms with van der Waals surface area (Å²) < 4.78 is 5.10. The topological polar surface area (TPSA) is 90.9 Å². The van der Waals surface area contributed by atoms with Crippen molar-refractivity contribution < 1.29 is 4.79 Å². The predicted molar refractivity (Wildman–Crippen MR) is 138 cm³/mol. The number of rotatable bonds is 8. The van der Waals surface area contributed by atoms with E-state index < -0.39 is 0 Å². The first-order valence-electron chi connectivity index (χ1n) is 13.5. The van der Waals surface area contributed by atoms with Crippen LogP contribution in [-0.4, -0.2) is 31.1 Å². The molecule has 3 aromatic rings. The van der Waals surface area contributed by atoms with Crippen molar-refractivity contribution in [1.82, 2.24) is 24.0 Å². The first-order chi connectivity index (χ1) is 17.5. The second-order valence-electron chi connectivity index (χ2n) is 11.1. The third kappa shape index (κ3) is 3.73. The second kappa shape index (κ2) is 9.05. The minimum atomic E-state index is -0.343. The molecule has 8 nitrogen and oxygen atoms in total. The first-order valence-corrected chi connectivity index (χ1v) is 13.5. The number of carbonyl (C=O) groups excluding carboxylic acids is 1. The van der Waals surface area contributed by atoms with Gasteiger partial charge in [0.2, 0.25) is 5.91 Å². The van der Waals surface area contributed by atoms with Crippen molar-refractivity contribution in [1.29, 1.82) is 0 Å². The Morgan fingerprint density at radius 2 is 1.78 bits per heavy atom. The quantitative estimate of drug-likeness (QED) is 0.526. The summed E-state index contributed by atoms with van der Waals surface area (Å²) in [5.74, 6) is 4.01. The molecule has 2 heterocycles. The average molecular weight is 490 g/mol. The number of hydrogen-bond donors (Lipinski definition) is 1. The predicted octanol–water partition coefficient (Wildman–Crippen LogP) is 3.10. The van der Waals surface area contributed by atoms with E-state index in [2.05, 4.69) is 22.0 Å². The number of nitrogens with zero attached hydrogens (tertiary/aromatic N) is 4. The van der Waals surface area contributed by atoms with Crippen LogP contribution in [0.4, 0.5) is 0 Å². The van der Waals surface area contributed by atoms with Crippen molar-refractivity contribution in [3.63, 3.8) is 0 Å². The fourth-order valence-electron chi connectivity index (χ4n) is 7.59. The number of hydrogen-bond acceptors (Lipinski definition) is 4. The molecule has 1 aromatic carbocycles. The largest absolute Gasteiger partial charge is 0.355 e. The Hall–Kier alpha value is -3.16. The number of nitrogens with one attached hydrogen (secondary N) is 1. The maximum Gasteiger partial charge on any atom is 0.332 e. The van der Waals surface area contributed by atoms with Crippen LogP contribution in [0.5, 0.6) is 0 Å². The van der Waals surface area contributed by atoms with Crippen LogP contribution >= 0.6 is 0 Å². The van der Waals surface area contributed by atoms with Crippen LogP contribution in [0.25, 0.3) is 11.2 Å². The molecule has 4 saturated carbocycles. The highest BCUT2D eigenvalue weighted by Crippen LogP contribution is 2.64. The van der Waals surface area contributed by atoms with Gasteiger partial charge in [0.1, 0.15) is 5.82 Å². The molecule has 0 aliphatic heterocycles. The molecule has 5 unspecified atom stereocenters. The number of carbonyl (C=O) groups is 1. The Bertz CT molecular complexity index is 1410. The van der Waals surface area contributed by atoms with Crippen LogP contribution in [0.2, 0.25) is 0 Å². The number of fused-ring (bicyclic) bond motifs is 1. The van der Waals surface area contributed by atoms with Gasteiger partial charge in [-0.1, -0.05) is 37.3 Å². The molecule has 1 amide bonds. The van der Waals surface area contributed by atoms with Crippen LogP contribution in [0, 0.1) is 23.7 Å². The van der Waals surface area contributed by atoms with Gasteiger partial charge >= 0.3 is 5.69 Å². The Morgan fingerprint density at radius 1 is 1.00 bits per heavy atom. The van der Waals surface area contributed by atoms with Crippen molar-refractivity contribution in [2.45, 2.75) is 71.5 Å². The molecular weight excluding hydrogens is 454 g/mol. The number of aromatic nitrogens is 4. The van der Waals surface area contributed by atoms with E-state index in [4.69, 9.17) is 4.98 Å². The van der Waals surface area contributed by atoms with Crippen LogP contribution in [0.3, 0.4) is 0 Å². The third-order valence-corrected chi connectivity index (χ3v) is 8.84. The van der Waals surface area contributed by atoms with Gasteiger partial charge in [-0.2, -0.15) is 0 Å². The monoisotopic (exact) mass is 489 g/mol. The molecule has 4 aliphatic carbocycles. The summed E-state index contributed by atoms with van der Waals surface area (Å²) in [7, 11) is 0. The maximum absolute atomic E-state index is 13.9. The van der Waals surface area contributed by atoms with Crippen LogP contribution in [-0.2, 0) is 24.4 Å². The van der Waals surface area contributed by atoms with E-state index in [1.807, 2.05) is 25.1 Å². The first kappa shape index (κ1) is 23.3. The zero-order chi connectivity index (χ0) is 25.0. The summed E-state index contributed by atoms with van der Waals surface area (Å²) in [6.45, 7) is 4.94. The van der Waals surface area contributed by atoms with E-state index in [0.717, 1.165) is 23.2 Å². The minimum Gasteiger partial charge on any atom is -0.355 e. The van der Waals surface area contributed by atoms with E-state index in [1.54, 1.807) is 4.57 Å². The van der Waals surface area contributed by atoms with Gasteiger partial charge in [-0.05, 0) is 61.3 Å². The molecule has 5 atom stereocenters.